The fraction of sp³-hybridized carbons (Fsp3) is 0.941. The zero-order valence-corrected chi connectivity index (χ0v) is 13.5. The van der Waals surface area contributed by atoms with Crippen molar-refractivity contribution < 1.29 is 0 Å². The van der Waals surface area contributed by atoms with Gasteiger partial charge in [-0.05, 0) is 38.0 Å². The van der Waals surface area contributed by atoms with Crippen LogP contribution in [0.4, 0.5) is 0 Å². The van der Waals surface area contributed by atoms with Crippen LogP contribution in [0, 0.1) is 5.92 Å². The second-order valence-electron chi connectivity index (χ2n) is 7.09. The number of nitrogens with zero attached hydrogens (tertiary/aromatic N) is 2. The molecule has 0 unspecified atom stereocenters. The summed E-state index contributed by atoms with van der Waals surface area (Å²) in [5, 5.41) is 0. The molecule has 116 valence electrons. The van der Waals surface area contributed by atoms with Crippen LogP contribution in [-0.2, 0) is 0 Å². The molecule has 0 aromatic rings. The van der Waals surface area contributed by atoms with E-state index in [4.69, 9.17) is 10.7 Å². The molecule has 2 aliphatic rings. The van der Waals surface area contributed by atoms with Crippen molar-refractivity contribution >= 4 is 5.96 Å². The quantitative estimate of drug-likeness (QED) is 0.612. The molecule has 2 saturated carbocycles. The van der Waals surface area contributed by atoms with Crippen molar-refractivity contribution in [1.82, 2.24) is 4.90 Å². The Bertz CT molecular complexity index is 299. The summed E-state index contributed by atoms with van der Waals surface area (Å²) in [7, 11) is 0. The topological polar surface area (TPSA) is 41.6 Å². The summed E-state index contributed by atoms with van der Waals surface area (Å²) < 4.78 is 0. The molecule has 2 aliphatic carbocycles. The van der Waals surface area contributed by atoms with Crippen LogP contribution in [-0.4, -0.2) is 29.5 Å². The highest BCUT2D eigenvalue weighted by atomic mass is 15.3. The molecule has 0 spiro atoms. The van der Waals surface area contributed by atoms with Gasteiger partial charge in [-0.2, -0.15) is 0 Å². The van der Waals surface area contributed by atoms with E-state index in [-0.39, 0.29) is 0 Å². The number of hydrogen-bond acceptors (Lipinski definition) is 1. The van der Waals surface area contributed by atoms with Crippen molar-refractivity contribution in [2.75, 3.05) is 6.54 Å². The van der Waals surface area contributed by atoms with Crippen LogP contribution in [0.2, 0.25) is 0 Å². The molecule has 2 N–H and O–H groups in total. The van der Waals surface area contributed by atoms with Gasteiger partial charge in [0.25, 0.3) is 0 Å². The summed E-state index contributed by atoms with van der Waals surface area (Å²) in [6.45, 7) is 5.67. The molecule has 0 bridgehead atoms. The van der Waals surface area contributed by atoms with Crippen molar-refractivity contribution in [2.45, 2.75) is 90.1 Å². The van der Waals surface area contributed by atoms with Crippen molar-refractivity contribution in [2.24, 2.45) is 16.6 Å². The normalized spacial score (nSPS) is 22.6. The number of hydrogen-bond donors (Lipinski definition) is 1. The second kappa shape index (κ2) is 7.90. The van der Waals surface area contributed by atoms with Gasteiger partial charge in [-0.3, -0.25) is 0 Å². The number of aliphatic imine (C=N–C) groups is 1. The lowest BCUT2D eigenvalue weighted by molar-refractivity contribution is 0.289. The summed E-state index contributed by atoms with van der Waals surface area (Å²) in [4.78, 5) is 7.31. The van der Waals surface area contributed by atoms with Gasteiger partial charge in [0, 0.05) is 12.6 Å². The van der Waals surface area contributed by atoms with Crippen molar-refractivity contribution in [3.05, 3.63) is 0 Å². The van der Waals surface area contributed by atoms with Gasteiger partial charge in [0.05, 0.1) is 6.04 Å². The highest BCUT2D eigenvalue weighted by molar-refractivity contribution is 5.78. The Morgan fingerprint density at radius 3 is 2.25 bits per heavy atom. The predicted molar refractivity (Wildman–Crippen MR) is 86.9 cm³/mol. The Morgan fingerprint density at radius 2 is 1.65 bits per heavy atom. The molecule has 0 aromatic heterocycles. The molecule has 2 fully saturated rings. The molecule has 0 atom stereocenters. The van der Waals surface area contributed by atoms with E-state index in [0.717, 1.165) is 18.4 Å². The highest BCUT2D eigenvalue weighted by Gasteiger charge is 2.25. The fourth-order valence-corrected chi connectivity index (χ4v) is 3.57. The van der Waals surface area contributed by atoms with Crippen LogP contribution in [0.5, 0.6) is 0 Å². The number of nitrogens with two attached hydrogens (primary N) is 1. The monoisotopic (exact) mass is 279 g/mol. The average molecular weight is 279 g/mol. The number of rotatable bonds is 5. The standard InChI is InChI=1S/C17H33N3/c1-14(2)12-13-20(16-10-6-7-11-16)17(18)19-15-8-4-3-5-9-15/h14-16H,3-13H2,1-2H3,(H2,18,19). The molecule has 2 rings (SSSR count). The van der Waals surface area contributed by atoms with Gasteiger partial charge in [0.2, 0.25) is 0 Å². The van der Waals surface area contributed by atoms with E-state index < -0.39 is 0 Å². The van der Waals surface area contributed by atoms with E-state index in [1.165, 1.54) is 64.2 Å². The minimum Gasteiger partial charge on any atom is -0.370 e. The van der Waals surface area contributed by atoms with Crippen LogP contribution in [0.15, 0.2) is 4.99 Å². The van der Waals surface area contributed by atoms with Gasteiger partial charge in [-0.1, -0.05) is 46.0 Å². The lowest BCUT2D eigenvalue weighted by Crippen LogP contribution is -2.45. The van der Waals surface area contributed by atoms with Crippen LogP contribution < -0.4 is 5.73 Å². The van der Waals surface area contributed by atoms with Crippen molar-refractivity contribution in [3.8, 4) is 0 Å². The molecule has 0 amide bonds. The van der Waals surface area contributed by atoms with E-state index in [9.17, 15) is 0 Å². The molecule has 3 heteroatoms. The summed E-state index contributed by atoms with van der Waals surface area (Å²) in [6, 6.07) is 1.15. The fourth-order valence-electron chi connectivity index (χ4n) is 3.57. The highest BCUT2D eigenvalue weighted by Crippen LogP contribution is 2.25. The first-order valence-corrected chi connectivity index (χ1v) is 8.76. The minimum absolute atomic E-state index is 0.492. The lowest BCUT2D eigenvalue weighted by Gasteiger charge is -2.32. The van der Waals surface area contributed by atoms with Gasteiger partial charge in [-0.25, -0.2) is 4.99 Å². The van der Waals surface area contributed by atoms with Gasteiger partial charge in [0.15, 0.2) is 5.96 Å². The van der Waals surface area contributed by atoms with Gasteiger partial charge in [0.1, 0.15) is 0 Å². The first kappa shape index (κ1) is 15.7. The maximum atomic E-state index is 6.39. The molecular weight excluding hydrogens is 246 g/mol. The molecular formula is C17H33N3. The van der Waals surface area contributed by atoms with E-state index in [1.54, 1.807) is 0 Å². The van der Waals surface area contributed by atoms with Crippen molar-refractivity contribution in [1.29, 1.82) is 0 Å². The van der Waals surface area contributed by atoms with Crippen LogP contribution >= 0.6 is 0 Å². The third kappa shape index (κ3) is 4.68. The van der Waals surface area contributed by atoms with Crippen LogP contribution in [0.1, 0.15) is 78.1 Å². The molecule has 0 saturated heterocycles. The van der Waals surface area contributed by atoms with E-state index in [1.807, 2.05) is 0 Å². The van der Waals surface area contributed by atoms with E-state index in [2.05, 4.69) is 18.7 Å². The summed E-state index contributed by atoms with van der Waals surface area (Å²) in [5.41, 5.74) is 6.39. The Hall–Kier alpha value is -0.730. The lowest BCUT2D eigenvalue weighted by atomic mass is 9.96. The second-order valence-corrected chi connectivity index (χ2v) is 7.09. The first-order valence-electron chi connectivity index (χ1n) is 8.76. The Labute approximate surface area is 125 Å². The van der Waals surface area contributed by atoms with Gasteiger partial charge >= 0.3 is 0 Å². The third-order valence-corrected chi connectivity index (χ3v) is 4.90. The molecule has 20 heavy (non-hydrogen) atoms. The van der Waals surface area contributed by atoms with Gasteiger partial charge < -0.3 is 10.6 Å². The third-order valence-electron chi connectivity index (χ3n) is 4.90. The predicted octanol–water partition coefficient (Wildman–Crippen LogP) is 3.92. The zero-order valence-electron chi connectivity index (χ0n) is 13.5. The van der Waals surface area contributed by atoms with E-state index >= 15 is 0 Å². The van der Waals surface area contributed by atoms with Crippen LogP contribution in [0.25, 0.3) is 0 Å². The maximum Gasteiger partial charge on any atom is 0.191 e. The smallest absolute Gasteiger partial charge is 0.191 e. The SMILES string of the molecule is CC(C)CCN(C(N)=NC1CCCCC1)C1CCCC1. The largest absolute Gasteiger partial charge is 0.370 e. The minimum atomic E-state index is 0.492. The van der Waals surface area contributed by atoms with Crippen LogP contribution in [0.3, 0.4) is 0 Å². The molecule has 0 heterocycles. The summed E-state index contributed by atoms with van der Waals surface area (Å²) in [6.07, 6.45) is 13.1. The number of guanidine groups is 1. The van der Waals surface area contributed by atoms with E-state index in [0.29, 0.717) is 12.1 Å². The van der Waals surface area contributed by atoms with Gasteiger partial charge in [-0.15, -0.1) is 0 Å². The summed E-state index contributed by atoms with van der Waals surface area (Å²) >= 11 is 0. The molecule has 0 radical (unpaired) electrons. The maximum absolute atomic E-state index is 6.39. The molecule has 3 nitrogen and oxygen atoms in total. The Kier molecular flexibility index (Phi) is 6.18. The summed E-state index contributed by atoms with van der Waals surface area (Å²) in [5.74, 6) is 1.57. The Morgan fingerprint density at radius 1 is 1.05 bits per heavy atom. The Balaban J connectivity index is 1.97. The molecule has 0 aliphatic heterocycles. The first-order chi connectivity index (χ1) is 9.66. The van der Waals surface area contributed by atoms with Crippen molar-refractivity contribution in [3.63, 3.8) is 0 Å². The molecule has 0 aromatic carbocycles. The zero-order chi connectivity index (χ0) is 14.4. The average Bonchev–Trinajstić information content (AvgIpc) is 2.93.